The first-order valence-corrected chi connectivity index (χ1v) is 8.13. The summed E-state index contributed by atoms with van der Waals surface area (Å²) in [4.78, 5) is 0. The molecule has 0 heterocycles. The van der Waals surface area contributed by atoms with Gasteiger partial charge >= 0.3 is 0 Å². The Bertz CT molecular complexity index is 507. The van der Waals surface area contributed by atoms with Gasteiger partial charge in [-0.3, -0.25) is 0 Å². The minimum absolute atomic E-state index is 0.614. The van der Waals surface area contributed by atoms with Crippen LogP contribution in [0.5, 0.6) is 0 Å². The quantitative estimate of drug-likeness (QED) is 0.478. The van der Waals surface area contributed by atoms with Gasteiger partial charge in [-0.1, -0.05) is 88.4 Å². The Morgan fingerprint density at radius 3 is 2.45 bits per heavy atom. The molecule has 0 aliphatic rings. The molecule has 0 N–H and O–H groups in total. The maximum absolute atomic E-state index is 4.18. The molecule has 0 spiro atoms. The van der Waals surface area contributed by atoms with E-state index < -0.39 is 0 Å². The molecular weight excluding hydrogens is 240 g/mol. The Hall–Kier alpha value is -1.30. The standard InChI is InChI=1S/C20H27/c1-3-5-6-7-8-12-17(4-2)19-16-11-14-18-13-9-10-15-20(18)19/h9-11,13-17H,2-8,12H2,1H3. The van der Waals surface area contributed by atoms with E-state index in [9.17, 15) is 0 Å². The molecule has 0 aromatic heterocycles. The lowest BCUT2D eigenvalue weighted by molar-refractivity contribution is 0.548. The van der Waals surface area contributed by atoms with E-state index in [-0.39, 0.29) is 0 Å². The first-order chi connectivity index (χ1) is 9.86. The molecule has 2 aromatic carbocycles. The predicted octanol–water partition coefficient (Wildman–Crippen LogP) is 6.51. The van der Waals surface area contributed by atoms with E-state index >= 15 is 0 Å². The van der Waals surface area contributed by atoms with E-state index in [0.717, 1.165) is 6.42 Å². The number of rotatable bonds is 8. The Labute approximate surface area is 124 Å². The predicted molar refractivity (Wildman–Crippen MR) is 90.0 cm³/mol. The van der Waals surface area contributed by atoms with E-state index in [2.05, 4.69) is 56.3 Å². The number of unbranched alkanes of at least 4 members (excludes halogenated alkanes) is 4. The van der Waals surface area contributed by atoms with Crippen LogP contribution in [0.4, 0.5) is 0 Å². The molecular formula is C20H27. The van der Waals surface area contributed by atoms with Crippen LogP contribution < -0.4 is 0 Å². The summed E-state index contributed by atoms with van der Waals surface area (Å²) in [6.07, 6.45) is 9.07. The molecule has 0 fully saturated rings. The molecule has 1 unspecified atom stereocenters. The van der Waals surface area contributed by atoms with Crippen LogP contribution in [0.2, 0.25) is 0 Å². The van der Waals surface area contributed by atoms with Gasteiger partial charge in [-0.2, -0.15) is 0 Å². The van der Waals surface area contributed by atoms with Crippen molar-refractivity contribution in [2.45, 2.75) is 57.8 Å². The second-order valence-electron chi connectivity index (χ2n) is 5.76. The van der Waals surface area contributed by atoms with Gasteiger partial charge in [0.15, 0.2) is 0 Å². The second-order valence-corrected chi connectivity index (χ2v) is 5.76. The molecule has 2 aromatic rings. The van der Waals surface area contributed by atoms with Crippen LogP contribution in [0.3, 0.4) is 0 Å². The molecule has 2 rings (SSSR count). The van der Waals surface area contributed by atoms with Crippen molar-refractivity contribution in [1.82, 2.24) is 0 Å². The van der Waals surface area contributed by atoms with Crippen molar-refractivity contribution < 1.29 is 0 Å². The van der Waals surface area contributed by atoms with Crippen molar-refractivity contribution in [3.63, 3.8) is 0 Å². The van der Waals surface area contributed by atoms with Crippen LogP contribution in [0.15, 0.2) is 42.5 Å². The molecule has 0 bridgehead atoms. The molecule has 0 aliphatic carbocycles. The van der Waals surface area contributed by atoms with Crippen molar-refractivity contribution in [1.29, 1.82) is 0 Å². The molecule has 1 radical (unpaired) electrons. The lowest BCUT2D eigenvalue weighted by Crippen LogP contribution is -1.99. The summed E-state index contributed by atoms with van der Waals surface area (Å²) in [7, 11) is 0. The van der Waals surface area contributed by atoms with Crippen LogP contribution in [-0.4, -0.2) is 0 Å². The summed E-state index contributed by atoms with van der Waals surface area (Å²) >= 11 is 0. The van der Waals surface area contributed by atoms with Crippen molar-refractivity contribution in [3.05, 3.63) is 55.0 Å². The van der Waals surface area contributed by atoms with Crippen LogP contribution in [-0.2, 0) is 0 Å². The zero-order chi connectivity index (χ0) is 14.2. The smallest absolute Gasteiger partial charge is 0.0149 e. The fourth-order valence-corrected chi connectivity index (χ4v) is 3.06. The van der Waals surface area contributed by atoms with E-state index in [1.54, 1.807) is 0 Å². The topological polar surface area (TPSA) is 0 Å². The summed E-state index contributed by atoms with van der Waals surface area (Å²) < 4.78 is 0. The molecule has 0 amide bonds. The van der Waals surface area contributed by atoms with E-state index in [0.29, 0.717) is 5.92 Å². The van der Waals surface area contributed by atoms with Gasteiger partial charge in [-0.05, 0) is 35.1 Å². The number of benzene rings is 2. The van der Waals surface area contributed by atoms with Crippen molar-refractivity contribution >= 4 is 10.8 Å². The molecule has 0 nitrogen and oxygen atoms in total. The largest absolute Gasteiger partial charge is 0.0654 e. The van der Waals surface area contributed by atoms with Gasteiger partial charge < -0.3 is 0 Å². The normalized spacial score (nSPS) is 12.7. The highest BCUT2D eigenvalue weighted by Crippen LogP contribution is 2.31. The molecule has 0 aliphatic heterocycles. The Morgan fingerprint density at radius 2 is 1.65 bits per heavy atom. The maximum Gasteiger partial charge on any atom is -0.0149 e. The summed E-state index contributed by atoms with van der Waals surface area (Å²) in [6.45, 7) is 6.46. The minimum atomic E-state index is 0.614. The third-order valence-electron chi connectivity index (χ3n) is 4.27. The average Bonchev–Trinajstić information content (AvgIpc) is 2.51. The Balaban J connectivity index is 2.05. The third kappa shape index (κ3) is 3.85. The highest BCUT2D eigenvalue weighted by atomic mass is 14.2. The van der Waals surface area contributed by atoms with Crippen molar-refractivity contribution in [2.24, 2.45) is 0 Å². The third-order valence-corrected chi connectivity index (χ3v) is 4.27. The van der Waals surface area contributed by atoms with Gasteiger partial charge in [-0.15, -0.1) is 0 Å². The lowest BCUT2D eigenvalue weighted by Gasteiger charge is -2.17. The van der Waals surface area contributed by atoms with Gasteiger partial charge in [0.2, 0.25) is 0 Å². The fourth-order valence-electron chi connectivity index (χ4n) is 3.06. The van der Waals surface area contributed by atoms with Crippen molar-refractivity contribution in [2.75, 3.05) is 0 Å². The van der Waals surface area contributed by atoms with E-state index in [4.69, 9.17) is 0 Å². The molecule has 0 saturated heterocycles. The van der Waals surface area contributed by atoms with Crippen LogP contribution in [0, 0.1) is 6.92 Å². The zero-order valence-electron chi connectivity index (χ0n) is 12.8. The molecule has 0 saturated carbocycles. The van der Waals surface area contributed by atoms with Gasteiger partial charge in [-0.25, -0.2) is 0 Å². The highest BCUT2D eigenvalue weighted by Gasteiger charge is 2.11. The highest BCUT2D eigenvalue weighted by molar-refractivity contribution is 5.86. The maximum atomic E-state index is 4.18. The minimum Gasteiger partial charge on any atom is -0.0654 e. The van der Waals surface area contributed by atoms with E-state index in [1.165, 1.54) is 54.9 Å². The average molecular weight is 267 g/mol. The number of hydrogen-bond acceptors (Lipinski definition) is 0. The zero-order valence-corrected chi connectivity index (χ0v) is 12.8. The molecule has 20 heavy (non-hydrogen) atoms. The summed E-state index contributed by atoms with van der Waals surface area (Å²) in [5.74, 6) is 0.614. The van der Waals surface area contributed by atoms with Crippen molar-refractivity contribution in [3.8, 4) is 0 Å². The number of hydrogen-bond donors (Lipinski definition) is 0. The monoisotopic (exact) mass is 267 g/mol. The number of fused-ring (bicyclic) bond motifs is 1. The molecule has 1 atom stereocenters. The van der Waals surface area contributed by atoms with Crippen LogP contribution >= 0.6 is 0 Å². The van der Waals surface area contributed by atoms with Gasteiger partial charge in [0.05, 0.1) is 0 Å². The second kappa shape index (κ2) is 8.09. The first-order valence-electron chi connectivity index (χ1n) is 8.13. The Kier molecular flexibility index (Phi) is 6.11. The SMILES string of the molecule is [CH2]CC(CCCCCCC)c1cccc2ccccc12. The fraction of sp³-hybridized carbons (Fsp3) is 0.450. The molecule has 0 heteroatoms. The van der Waals surface area contributed by atoms with Crippen LogP contribution in [0.1, 0.15) is 63.4 Å². The summed E-state index contributed by atoms with van der Waals surface area (Å²) in [5.41, 5.74) is 1.49. The first kappa shape index (κ1) is 15.1. The summed E-state index contributed by atoms with van der Waals surface area (Å²) in [6, 6.07) is 15.4. The van der Waals surface area contributed by atoms with Gasteiger partial charge in [0, 0.05) is 0 Å². The van der Waals surface area contributed by atoms with Crippen LogP contribution in [0.25, 0.3) is 10.8 Å². The lowest BCUT2D eigenvalue weighted by atomic mass is 9.87. The Morgan fingerprint density at radius 1 is 0.900 bits per heavy atom. The van der Waals surface area contributed by atoms with Gasteiger partial charge in [0.25, 0.3) is 0 Å². The van der Waals surface area contributed by atoms with Gasteiger partial charge in [0.1, 0.15) is 0 Å². The van der Waals surface area contributed by atoms with E-state index in [1.807, 2.05) is 0 Å². The molecule has 107 valence electrons. The summed E-state index contributed by atoms with van der Waals surface area (Å²) in [5, 5.41) is 2.77.